The van der Waals surface area contributed by atoms with Crippen LogP contribution in [0.2, 0.25) is 0 Å². The summed E-state index contributed by atoms with van der Waals surface area (Å²) in [6.45, 7) is 4.32. The van der Waals surface area contributed by atoms with Crippen molar-refractivity contribution in [1.82, 2.24) is 10.3 Å². The van der Waals surface area contributed by atoms with Gasteiger partial charge in [-0.2, -0.15) is 11.8 Å². The molecule has 0 aliphatic heterocycles. The van der Waals surface area contributed by atoms with Crippen molar-refractivity contribution in [3.05, 3.63) is 16.1 Å². The molecule has 16 heavy (non-hydrogen) atoms. The number of aliphatic hydroxyl groups is 1. The van der Waals surface area contributed by atoms with Crippen molar-refractivity contribution in [2.75, 3.05) is 24.7 Å². The van der Waals surface area contributed by atoms with Crippen molar-refractivity contribution in [3.63, 3.8) is 0 Å². The van der Waals surface area contributed by atoms with Crippen LogP contribution in [0.3, 0.4) is 0 Å². The molecule has 5 heteroatoms. The van der Waals surface area contributed by atoms with E-state index in [0.717, 1.165) is 43.1 Å². The largest absolute Gasteiger partial charge is 0.396 e. The van der Waals surface area contributed by atoms with Crippen LogP contribution in [0.15, 0.2) is 5.38 Å². The Hall–Kier alpha value is -0.100. The highest BCUT2D eigenvalue weighted by atomic mass is 32.2. The quantitative estimate of drug-likeness (QED) is 0.666. The molecule has 0 bridgehead atoms. The molecule has 0 unspecified atom stereocenters. The van der Waals surface area contributed by atoms with Gasteiger partial charge >= 0.3 is 0 Å². The van der Waals surface area contributed by atoms with Crippen molar-refractivity contribution in [3.8, 4) is 0 Å². The molecule has 0 aromatic carbocycles. The van der Waals surface area contributed by atoms with Crippen LogP contribution in [0.1, 0.15) is 24.0 Å². The molecule has 1 aromatic rings. The minimum atomic E-state index is 0.305. The molecule has 0 saturated carbocycles. The van der Waals surface area contributed by atoms with Gasteiger partial charge in [-0.1, -0.05) is 6.92 Å². The van der Waals surface area contributed by atoms with E-state index in [-0.39, 0.29) is 0 Å². The lowest BCUT2D eigenvalue weighted by Crippen LogP contribution is -2.17. The van der Waals surface area contributed by atoms with E-state index in [0.29, 0.717) is 6.61 Å². The molecule has 0 aliphatic carbocycles. The molecule has 0 atom stereocenters. The third-order valence-electron chi connectivity index (χ3n) is 2.08. The van der Waals surface area contributed by atoms with Gasteiger partial charge in [-0.25, -0.2) is 4.98 Å². The number of nitrogens with one attached hydrogen (secondary N) is 1. The van der Waals surface area contributed by atoms with Crippen LogP contribution in [0.5, 0.6) is 0 Å². The van der Waals surface area contributed by atoms with Gasteiger partial charge in [-0.05, 0) is 18.6 Å². The average Bonchev–Trinajstić information content (AvgIpc) is 2.76. The topological polar surface area (TPSA) is 45.2 Å². The predicted molar refractivity (Wildman–Crippen MR) is 72.2 cm³/mol. The molecule has 0 fully saturated rings. The molecule has 0 spiro atoms. The summed E-state index contributed by atoms with van der Waals surface area (Å²) in [4.78, 5) is 4.49. The van der Waals surface area contributed by atoms with Crippen molar-refractivity contribution in [2.24, 2.45) is 0 Å². The number of aryl methyl sites for hydroxylation is 1. The maximum atomic E-state index is 8.61. The van der Waals surface area contributed by atoms with Gasteiger partial charge in [0, 0.05) is 30.8 Å². The standard InChI is InChI=1S/C11H20N2OS2/c1-2-11-13-10(9-16-11)8-12-4-7-15-6-3-5-14/h9,12,14H,2-8H2,1H3. The first-order valence-corrected chi connectivity index (χ1v) is 7.72. The summed E-state index contributed by atoms with van der Waals surface area (Å²) in [5.41, 5.74) is 1.15. The van der Waals surface area contributed by atoms with Crippen molar-refractivity contribution in [2.45, 2.75) is 26.3 Å². The Labute approximate surface area is 106 Å². The Morgan fingerprint density at radius 2 is 2.38 bits per heavy atom. The van der Waals surface area contributed by atoms with Crippen LogP contribution in [0.4, 0.5) is 0 Å². The fourth-order valence-electron chi connectivity index (χ4n) is 1.22. The van der Waals surface area contributed by atoms with E-state index in [1.807, 2.05) is 11.8 Å². The lowest BCUT2D eigenvalue weighted by Gasteiger charge is -2.02. The molecule has 0 saturated heterocycles. The second kappa shape index (κ2) is 8.98. The summed E-state index contributed by atoms with van der Waals surface area (Å²) in [5.74, 6) is 2.15. The fourth-order valence-corrected chi connectivity index (χ4v) is 2.79. The van der Waals surface area contributed by atoms with E-state index < -0.39 is 0 Å². The minimum absolute atomic E-state index is 0.305. The number of aromatic nitrogens is 1. The van der Waals surface area contributed by atoms with Gasteiger partial charge in [0.15, 0.2) is 0 Å². The van der Waals surface area contributed by atoms with Crippen LogP contribution in [0, 0.1) is 0 Å². The normalized spacial score (nSPS) is 10.9. The summed E-state index contributed by atoms with van der Waals surface area (Å²) >= 11 is 3.62. The Bertz CT molecular complexity index is 279. The maximum absolute atomic E-state index is 8.61. The first-order valence-electron chi connectivity index (χ1n) is 5.69. The number of rotatable bonds is 9. The second-order valence-electron chi connectivity index (χ2n) is 3.45. The van der Waals surface area contributed by atoms with Crippen LogP contribution in [0.25, 0.3) is 0 Å². The summed E-state index contributed by atoms with van der Waals surface area (Å²) in [6.07, 6.45) is 1.93. The van der Waals surface area contributed by atoms with Gasteiger partial charge in [0.05, 0.1) is 10.7 Å². The number of hydrogen-bond acceptors (Lipinski definition) is 5. The third kappa shape index (κ3) is 5.84. The first kappa shape index (κ1) is 14.0. The number of aliphatic hydroxyl groups excluding tert-OH is 1. The molecule has 1 aromatic heterocycles. The van der Waals surface area contributed by atoms with E-state index in [1.54, 1.807) is 11.3 Å². The Balaban J connectivity index is 1.98. The van der Waals surface area contributed by atoms with E-state index in [1.165, 1.54) is 5.01 Å². The summed E-state index contributed by atoms with van der Waals surface area (Å²) in [7, 11) is 0. The number of thioether (sulfide) groups is 1. The monoisotopic (exact) mass is 260 g/mol. The van der Waals surface area contributed by atoms with Crippen LogP contribution in [-0.2, 0) is 13.0 Å². The molecule has 0 amide bonds. The van der Waals surface area contributed by atoms with Gasteiger partial charge in [0.2, 0.25) is 0 Å². The first-order chi connectivity index (χ1) is 7.86. The highest BCUT2D eigenvalue weighted by molar-refractivity contribution is 7.99. The smallest absolute Gasteiger partial charge is 0.0926 e. The van der Waals surface area contributed by atoms with E-state index in [2.05, 4.69) is 22.6 Å². The second-order valence-corrected chi connectivity index (χ2v) is 5.62. The van der Waals surface area contributed by atoms with Gasteiger partial charge in [0.1, 0.15) is 0 Å². The fraction of sp³-hybridized carbons (Fsp3) is 0.727. The van der Waals surface area contributed by atoms with Crippen molar-refractivity contribution in [1.29, 1.82) is 0 Å². The predicted octanol–water partition coefficient (Wildman–Crippen LogP) is 1.91. The maximum Gasteiger partial charge on any atom is 0.0926 e. The lowest BCUT2D eigenvalue weighted by molar-refractivity contribution is 0.296. The van der Waals surface area contributed by atoms with Crippen molar-refractivity contribution >= 4 is 23.1 Å². The van der Waals surface area contributed by atoms with E-state index >= 15 is 0 Å². The van der Waals surface area contributed by atoms with Gasteiger partial charge in [-0.15, -0.1) is 11.3 Å². The highest BCUT2D eigenvalue weighted by Crippen LogP contribution is 2.09. The zero-order valence-corrected chi connectivity index (χ0v) is 11.4. The lowest BCUT2D eigenvalue weighted by atomic mass is 10.4. The molecule has 0 aliphatic rings. The number of nitrogens with zero attached hydrogens (tertiary/aromatic N) is 1. The van der Waals surface area contributed by atoms with Crippen LogP contribution >= 0.6 is 23.1 Å². The molecule has 1 heterocycles. The Morgan fingerprint density at radius 1 is 1.50 bits per heavy atom. The molecule has 1 rings (SSSR count). The van der Waals surface area contributed by atoms with Gasteiger partial charge in [-0.3, -0.25) is 0 Å². The zero-order chi connectivity index (χ0) is 11.6. The van der Waals surface area contributed by atoms with Gasteiger partial charge in [0.25, 0.3) is 0 Å². The van der Waals surface area contributed by atoms with E-state index in [9.17, 15) is 0 Å². The number of thiazole rings is 1. The minimum Gasteiger partial charge on any atom is -0.396 e. The molecular weight excluding hydrogens is 240 g/mol. The highest BCUT2D eigenvalue weighted by Gasteiger charge is 1.99. The Morgan fingerprint density at radius 3 is 3.06 bits per heavy atom. The molecule has 92 valence electrons. The Kier molecular flexibility index (Phi) is 7.84. The zero-order valence-electron chi connectivity index (χ0n) is 9.74. The van der Waals surface area contributed by atoms with Crippen LogP contribution in [-0.4, -0.2) is 34.7 Å². The van der Waals surface area contributed by atoms with Crippen molar-refractivity contribution < 1.29 is 5.11 Å². The molecule has 2 N–H and O–H groups in total. The van der Waals surface area contributed by atoms with Crippen LogP contribution < -0.4 is 5.32 Å². The molecular formula is C11H20N2OS2. The summed E-state index contributed by atoms with van der Waals surface area (Å²) in [6, 6.07) is 0. The number of hydrogen-bond donors (Lipinski definition) is 2. The average molecular weight is 260 g/mol. The summed E-state index contributed by atoms with van der Waals surface area (Å²) < 4.78 is 0. The molecule has 3 nitrogen and oxygen atoms in total. The van der Waals surface area contributed by atoms with E-state index in [4.69, 9.17) is 5.11 Å². The van der Waals surface area contributed by atoms with Gasteiger partial charge < -0.3 is 10.4 Å². The summed E-state index contributed by atoms with van der Waals surface area (Å²) in [5, 5.41) is 15.3. The SMILES string of the molecule is CCc1nc(CNCCSCCCO)cs1. The third-order valence-corrected chi connectivity index (χ3v) is 4.19. The molecule has 0 radical (unpaired) electrons.